The maximum atomic E-state index is 9.45. The molecule has 1 saturated carbocycles. The van der Waals surface area contributed by atoms with E-state index in [4.69, 9.17) is 11.6 Å². The first kappa shape index (κ1) is 10.0. The fourth-order valence-corrected chi connectivity index (χ4v) is 2.31. The number of benzene rings is 1. The van der Waals surface area contributed by atoms with Gasteiger partial charge in [-0.05, 0) is 49.3 Å². The van der Waals surface area contributed by atoms with Crippen LogP contribution in [0.4, 0.5) is 0 Å². The van der Waals surface area contributed by atoms with Crippen LogP contribution < -0.4 is 0 Å². The van der Waals surface area contributed by atoms with Crippen LogP contribution in [0.25, 0.3) is 0 Å². The van der Waals surface area contributed by atoms with Crippen LogP contribution in [-0.4, -0.2) is 11.2 Å². The van der Waals surface area contributed by atoms with Crippen molar-refractivity contribution in [2.45, 2.75) is 38.2 Å². The number of aliphatic hydroxyl groups is 1. The Morgan fingerprint density at radius 2 is 2.14 bits per heavy atom. The Labute approximate surface area is 89.7 Å². The van der Waals surface area contributed by atoms with Crippen LogP contribution in [0.5, 0.6) is 0 Å². The molecule has 0 saturated heterocycles. The molecule has 1 aliphatic carbocycles. The summed E-state index contributed by atoms with van der Waals surface area (Å²) in [7, 11) is 0. The summed E-state index contributed by atoms with van der Waals surface area (Å²) in [5.41, 5.74) is 2.39. The molecule has 0 spiro atoms. The van der Waals surface area contributed by atoms with Gasteiger partial charge in [-0.3, -0.25) is 0 Å². The Balaban J connectivity index is 2.20. The molecule has 0 radical (unpaired) electrons. The Bertz CT molecular complexity index is 335. The molecular weight excluding hydrogens is 196 g/mol. The zero-order chi connectivity index (χ0) is 10.1. The SMILES string of the molecule is Cc1ccc(C2CCC(O)C2)cc1Cl. The minimum absolute atomic E-state index is 0.111. The monoisotopic (exact) mass is 210 g/mol. The van der Waals surface area contributed by atoms with Crippen LogP contribution >= 0.6 is 11.6 Å². The lowest BCUT2D eigenvalue weighted by molar-refractivity contribution is 0.181. The van der Waals surface area contributed by atoms with Gasteiger partial charge in [0.1, 0.15) is 0 Å². The van der Waals surface area contributed by atoms with Crippen molar-refractivity contribution in [3.05, 3.63) is 34.3 Å². The van der Waals surface area contributed by atoms with Crippen molar-refractivity contribution >= 4 is 11.6 Å². The number of hydrogen-bond donors (Lipinski definition) is 1. The fourth-order valence-electron chi connectivity index (χ4n) is 2.12. The second-order valence-electron chi connectivity index (χ2n) is 4.17. The molecule has 2 heteroatoms. The van der Waals surface area contributed by atoms with E-state index in [9.17, 15) is 5.11 Å². The molecule has 1 nitrogen and oxygen atoms in total. The van der Waals surface area contributed by atoms with Crippen LogP contribution in [0.15, 0.2) is 18.2 Å². The summed E-state index contributed by atoms with van der Waals surface area (Å²) >= 11 is 6.07. The lowest BCUT2D eigenvalue weighted by Gasteiger charge is -2.10. The van der Waals surface area contributed by atoms with Crippen molar-refractivity contribution in [2.24, 2.45) is 0 Å². The molecule has 1 aromatic carbocycles. The molecule has 2 rings (SSSR count). The van der Waals surface area contributed by atoms with Gasteiger partial charge in [0.25, 0.3) is 0 Å². The molecule has 14 heavy (non-hydrogen) atoms. The van der Waals surface area contributed by atoms with Crippen LogP contribution in [0.2, 0.25) is 5.02 Å². The second kappa shape index (κ2) is 3.92. The van der Waals surface area contributed by atoms with Crippen LogP contribution in [0.3, 0.4) is 0 Å². The van der Waals surface area contributed by atoms with Gasteiger partial charge in [0.2, 0.25) is 0 Å². The smallest absolute Gasteiger partial charge is 0.0546 e. The third-order valence-corrected chi connectivity index (χ3v) is 3.48. The number of aliphatic hydroxyl groups excluding tert-OH is 1. The van der Waals surface area contributed by atoms with E-state index >= 15 is 0 Å². The van der Waals surface area contributed by atoms with E-state index in [1.54, 1.807) is 0 Å². The van der Waals surface area contributed by atoms with Gasteiger partial charge >= 0.3 is 0 Å². The Kier molecular flexibility index (Phi) is 2.80. The average molecular weight is 211 g/mol. The van der Waals surface area contributed by atoms with Crippen molar-refractivity contribution < 1.29 is 5.11 Å². The highest BCUT2D eigenvalue weighted by molar-refractivity contribution is 6.31. The van der Waals surface area contributed by atoms with Gasteiger partial charge in [0.05, 0.1) is 6.10 Å². The lowest BCUT2D eigenvalue weighted by atomic mass is 9.97. The van der Waals surface area contributed by atoms with Gasteiger partial charge < -0.3 is 5.11 Å². The lowest BCUT2D eigenvalue weighted by Crippen LogP contribution is -1.99. The third kappa shape index (κ3) is 1.94. The van der Waals surface area contributed by atoms with E-state index in [1.165, 1.54) is 5.56 Å². The molecule has 0 aromatic heterocycles. The van der Waals surface area contributed by atoms with E-state index in [0.29, 0.717) is 5.92 Å². The van der Waals surface area contributed by atoms with E-state index in [0.717, 1.165) is 29.8 Å². The predicted molar refractivity (Wildman–Crippen MR) is 58.8 cm³/mol. The van der Waals surface area contributed by atoms with E-state index < -0.39 is 0 Å². The Hall–Kier alpha value is -0.530. The van der Waals surface area contributed by atoms with Crippen molar-refractivity contribution in [1.82, 2.24) is 0 Å². The molecule has 0 bridgehead atoms. The Morgan fingerprint density at radius 1 is 1.36 bits per heavy atom. The largest absolute Gasteiger partial charge is 0.393 e. The first-order valence-corrected chi connectivity index (χ1v) is 5.48. The fraction of sp³-hybridized carbons (Fsp3) is 0.500. The molecule has 2 atom stereocenters. The van der Waals surface area contributed by atoms with Crippen LogP contribution in [-0.2, 0) is 0 Å². The van der Waals surface area contributed by atoms with Crippen molar-refractivity contribution in [1.29, 1.82) is 0 Å². The highest BCUT2D eigenvalue weighted by Gasteiger charge is 2.24. The minimum atomic E-state index is -0.111. The summed E-state index contributed by atoms with van der Waals surface area (Å²) in [4.78, 5) is 0. The molecule has 1 fully saturated rings. The first-order valence-electron chi connectivity index (χ1n) is 5.11. The van der Waals surface area contributed by atoms with Gasteiger partial charge in [-0.15, -0.1) is 0 Å². The summed E-state index contributed by atoms with van der Waals surface area (Å²) < 4.78 is 0. The number of rotatable bonds is 1. The summed E-state index contributed by atoms with van der Waals surface area (Å²) in [6, 6.07) is 6.23. The molecule has 76 valence electrons. The van der Waals surface area contributed by atoms with E-state index in [2.05, 4.69) is 12.1 Å². The summed E-state index contributed by atoms with van der Waals surface area (Å²) in [6.07, 6.45) is 2.79. The average Bonchev–Trinajstić information content (AvgIpc) is 2.57. The summed E-state index contributed by atoms with van der Waals surface area (Å²) in [6.45, 7) is 2.01. The van der Waals surface area contributed by atoms with Gasteiger partial charge in [-0.25, -0.2) is 0 Å². The molecule has 0 amide bonds. The van der Waals surface area contributed by atoms with Gasteiger partial charge in [0, 0.05) is 5.02 Å². The quantitative estimate of drug-likeness (QED) is 0.755. The maximum absolute atomic E-state index is 9.45. The van der Waals surface area contributed by atoms with Crippen LogP contribution in [0, 0.1) is 6.92 Å². The molecule has 0 heterocycles. The standard InChI is InChI=1S/C12H15ClO/c1-8-2-3-10(7-12(8)13)9-4-5-11(14)6-9/h2-3,7,9,11,14H,4-6H2,1H3. The zero-order valence-corrected chi connectivity index (χ0v) is 9.09. The molecule has 1 N–H and O–H groups in total. The minimum Gasteiger partial charge on any atom is -0.393 e. The number of aryl methyl sites for hydroxylation is 1. The van der Waals surface area contributed by atoms with E-state index in [-0.39, 0.29) is 6.10 Å². The third-order valence-electron chi connectivity index (χ3n) is 3.07. The van der Waals surface area contributed by atoms with Crippen molar-refractivity contribution in [2.75, 3.05) is 0 Å². The van der Waals surface area contributed by atoms with Crippen molar-refractivity contribution in [3.63, 3.8) is 0 Å². The molecule has 1 aromatic rings. The molecule has 2 unspecified atom stereocenters. The predicted octanol–water partition coefficient (Wildman–Crippen LogP) is 3.28. The summed E-state index contributed by atoms with van der Waals surface area (Å²) in [5, 5.41) is 10.3. The first-order chi connectivity index (χ1) is 6.66. The molecule has 0 aliphatic heterocycles. The highest BCUT2D eigenvalue weighted by atomic mass is 35.5. The topological polar surface area (TPSA) is 20.2 Å². The van der Waals surface area contributed by atoms with Crippen LogP contribution in [0.1, 0.15) is 36.3 Å². The van der Waals surface area contributed by atoms with Gasteiger partial charge in [-0.2, -0.15) is 0 Å². The number of halogens is 1. The second-order valence-corrected chi connectivity index (χ2v) is 4.58. The summed E-state index contributed by atoms with van der Waals surface area (Å²) in [5.74, 6) is 0.503. The number of hydrogen-bond acceptors (Lipinski definition) is 1. The highest BCUT2D eigenvalue weighted by Crippen LogP contribution is 2.35. The maximum Gasteiger partial charge on any atom is 0.0546 e. The van der Waals surface area contributed by atoms with Gasteiger partial charge in [-0.1, -0.05) is 23.7 Å². The normalized spacial score (nSPS) is 26.8. The Morgan fingerprint density at radius 3 is 2.71 bits per heavy atom. The van der Waals surface area contributed by atoms with E-state index in [1.807, 2.05) is 13.0 Å². The van der Waals surface area contributed by atoms with Gasteiger partial charge in [0.15, 0.2) is 0 Å². The molecule has 1 aliphatic rings. The molecular formula is C12H15ClO. The van der Waals surface area contributed by atoms with Crippen molar-refractivity contribution in [3.8, 4) is 0 Å². The zero-order valence-electron chi connectivity index (χ0n) is 8.33.